The fourth-order valence-corrected chi connectivity index (χ4v) is 0.477. The van der Waals surface area contributed by atoms with E-state index in [0.29, 0.717) is 5.92 Å². The summed E-state index contributed by atoms with van der Waals surface area (Å²) in [7, 11) is 0. The highest BCUT2D eigenvalue weighted by atomic mass is 14.7. The summed E-state index contributed by atoms with van der Waals surface area (Å²) in [6.45, 7) is 6.09. The van der Waals surface area contributed by atoms with Gasteiger partial charge >= 0.3 is 0 Å². The van der Waals surface area contributed by atoms with Gasteiger partial charge in [-0.05, 0) is 18.9 Å². The minimum Gasteiger partial charge on any atom is -0.290 e. The van der Waals surface area contributed by atoms with Crippen LogP contribution in [-0.2, 0) is 0 Å². The fraction of sp³-hybridized carbons (Fsp3) is 0.500. The van der Waals surface area contributed by atoms with Gasteiger partial charge in [0.15, 0.2) is 0 Å². The SMILES string of the molecule is CC(/C=C\C(C)C)=NC=N. The van der Waals surface area contributed by atoms with Crippen LogP contribution >= 0.6 is 0 Å². The van der Waals surface area contributed by atoms with E-state index in [0.717, 1.165) is 12.1 Å². The molecule has 0 aromatic heterocycles. The summed E-state index contributed by atoms with van der Waals surface area (Å²) in [4.78, 5) is 3.77. The summed E-state index contributed by atoms with van der Waals surface area (Å²) in [5.41, 5.74) is 0.878. The van der Waals surface area contributed by atoms with Crippen LogP contribution in [0.3, 0.4) is 0 Å². The molecule has 10 heavy (non-hydrogen) atoms. The lowest BCUT2D eigenvalue weighted by atomic mass is 10.2. The number of rotatable bonds is 3. The van der Waals surface area contributed by atoms with Crippen molar-refractivity contribution in [1.29, 1.82) is 5.41 Å². The van der Waals surface area contributed by atoms with Crippen molar-refractivity contribution >= 4 is 12.1 Å². The molecule has 0 rings (SSSR count). The standard InChI is InChI=1S/C8H14N2/c1-7(2)4-5-8(3)10-6-9/h4-7,9H,1-3H3/b5-4-,9-6?,10-8?. The van der Waals surface area contributed by atoms with Crippen molar-refractivity contribution in [2.45, 2.75) is 20.8 Å². The molecule has 0 spiro atoms. The molecule has 0 bridgehead atoms. The van der Waals surface area contributed by atoms with E-state index in [-0.39, 0.29) is 0 Å². The van der Waals surface area contributed by atoms with Crippen LogP contribution in [0.1, 0.15) is 20.8 Å². The van der Waals surface area contributed by atoms with Crippen molar-refractivity contribution in [1.82, 2.24) is 0 Å². The average molecular weight is 138 g/mol. The van der Waals surface area contributed by atoms with Gasteiger partial charge in [-0.15, -0.1) is 0 Å². The maximum absolute atomic E-state index is 6.67. The third kappa shape index (κ3) is 5.22. The number of aliphatic imine (C=N–C) groups is 1. The van der Waals surface area contributed by atoms with Crippen LogP contribution in [-0.4, -0.2) is 12.1 Å². The third-order valence-electron chi connectivity index (χ3n) is 0.991. The Morgan fingerprint density at radius 3 is 2.50 bits per heavy atom. The van der Waals surface area contributed by atoms with Gasteiger partial charge in [0.2, 0.25) is 0 Å². The van der Waals surface area contributed by atoms with Gasteiger partial charge in [0.05, 0.1) is 0 Å². The van der Waals surface area contributed by atoms with Crippen molar-refractivity contribution in [2.24, 2.45) is 10.9 Å². The highest BCUT2D eigenvalue weighted by molar-refractivity contribution is 5.96. The molecule has 56 valence electrons. The number of nitrogens with zero attached hydrogens (tertiary/aromatic N) is 1. The first-order valence-electron chi connectivity index (χ1n) is 3.38. The monoisotopic (exact) mass is 138 g/mol. The van der Waals surface area contributed by atoms with E-state index in [2.05, 4.69) is 24.9 Å². The summed E-state index contributed by atoms with van der Waals surface area (Å²) in [6.07, 6.45) is 5.04. The predicted molar refractivity (Wildman–Crippen MR) is 45.9 cm³/mol. The van der Waals surface area contributed by atoms with Crippen LogP contribution in [0.5, 0.6) is 0 Å². The minimum absolute atomic E-state index is 0.552. The van der Waals surface area contributed by atoms with E-state index in [1.165, 1.54) is 0 Å². The lowest BCUT2D eigenvalue weighted by Crippen LogP contribution is -1.86. The Hall–Kier alpha value is -0.920. The molecule has 0 saturated carbocycles. The van der Waals surface area contributed by atoms with Crippen LogP contribution in [0.25, 0.3) is 0 Å². The molecule has 2 nitrogen and oxygen atoms in total. The molecule has 1 N–H and O–H groups in total. The number of hydrogen-bond donors (Lipinski definition) is 1. The molecule has 0 aliphatic carbocycles. The van der Waals surface area contributed by atoms with Crippen molar-refractivity contribution in [3.8, 4) is 0 Å². The fourth-order valence-electron chi connectivity index (χ4n) is 0.477. The molecule has 0 saturated heterocycles. The van der Waals surface area contributed by atoms with E-state index in [9.17, 15) is 0 Å². The van der Waals surface area contributed by atoms with Crippen LogP contribution in [0, 0.1) is 11.3 Å². The highest BCUT2D eigenvalue weighted by Gasteiger charge is 1.84. The molecule has 0 unspecified atom stereocenters. The molecule has 0 aromatic carbocycles. The van der Waals surface area contributed by atoms with Gasteiger partial charge in [0.25, 0.3) is 0 Å². The molecule has 0 aliphatic heterocycles. The molecular weight excluding hydrogens is 124 g/mol. The van der Waals surface area contributed by atoms with Gasteiger partial charge in [0.1, 0.15) is 6.34 Å². The molecule has 0 atom stereocenters. The Morgan fingerprint density at radius 1 is 1.50 bits per heavy atom. The molecule has 0 radical (unpaired) electrons. The van der Waals surface area contributed by atoms with Crippen molar-refractivity contribution in [2.75, 3.05) is 0 Å². The highest BCUT2D eigenvalue weighted by Crippen LogP contribution is 1.93. The predicted octanol–water partition coefficient (Wildman–Crippen LogP) is 2.27. The van der Waals surface area contributed by atoms with Gasteiger partial charge in [-0.25, -0.2) is 4.99 Å². The number of nitrogens with one attached hydrogen (secondary N) is 1. The van der Waals surface area contributed by atoms with Gasteiger partial charge < -0.3 is 0 Å². The first-order valence-corrected chi connectivity index (χ1v) is 3.38. The van der Waals surface area contributed by atoms with E-state index in [1.54, 1.807) is 0 Å². The quantitative estimate of drug-likeness (QED) is 0.459. The van der Waals surface area contributed by atoms with E-state index in [4.69, 9.17) is 5.41 Å². The van der Waals surface area contributed by atoms with Crippen LogP contribution in [0.15, 0.2) is 17.1 Å². The Labute approximate surface area is 62.2 Å². The molecule has 0 heterocycles. The lowest BCUT2D eigenvalue weighted by molar-refractivity contribution is 0.832. The van der Waals surface area contributed by atoms with Crippen molar-refractivity contribution < 1.29 is 0 Å². The lowest BCUT2D eigenvalue weighted by Gasteiger charge is -1.91. The Balaban J connectivity index is 3.88. The summed E-state index contributed by atoms with van der Waals surface area (Å²) in [6, 6.07) is 0. The van der Waals surface area contributed by atoms with Crippen LogP contribution in [0.4, 0.5) is 0 Å². The molecule has 0 aromatic rings. The normalized spacial score (nSPS) is 13.0. The maximum Gasteiger partial charge on any atom is 0.107 e. The van der Waals surface area contributed by atoms with Gasteiger partial charge in [-0.1, -0.05) is 19.9 Å². The van der Waals surface area contributed by atoms with E-state index in [1.807, 2.05) is 13.0 Å². The van der Waals surface area contributed by atoms with E-state index < -0.39 is 0 Å². The molecule has 0 amide bonds. The average Bonchev–Trinajstić information content (AvgIpc) is 1.85. The zero-order valence-electron chi connectivity index (χ0n) is 6.76. The molecule has 0 aliphatic rings. The first-order chi connectivity index (χ1) is 4.66. The second-order valence-electron chi connectivity index (χ2n) is 2.50. The smallest absolute Gasteiger partial charge is 0.107 e. The summed E-state index contributed by atoms with van der Waals surface area (Å²) < 4.78 is 0. The Morgan fingerprint density at radius 2 is 2.10 bits per heavy atom. The summed E-state index contributed by atoms with van der Waals surface area (Å²) in [5.74, 6) is 0.552. The second-order valence-corrected chi connectivity index (χ2v) is 2.50. The Bertz CT molecular complexity index is 155. The maximum atomic E-state index is 6.67. The molecule has 2 heteroatoms. The van der Waals surface area contributed by atoms with Crippen molar-refractivity contribution in [3.05, 3.63) is 12.2 Å². The molecule has 0 fully saturated rings. The summed E-state index contributed by atoms with van der Waals surface area (Å²) >= 11 is 0. The topological polar surface area (TPSA) is 36.2 Å². The zero-order chi connectivity index (χ0) is 7.98. The zero-order valence-corrected chi connectivity index (χ0v) is 6.76. The second kappa shape index (κ2) is 4.91. The van der Waals surface area contributed by atoms with Gasteiger partial charge in [0, 0.05) is 5.71 Å². The Kier molecular flexibility index (Phi) is 4.46. The first kappa shape index (κ1) is 9.08. The van der Waals surface area contributed by atoms with Gasteiger partial charge in [-0.2, -0.15) is 0 Å². The third-order valence-corrected chi connectivity index (χ3v) is 0.991. The summed E-state index contributed by atoms with van der Waals surface area (Å²) in [5, 5.41) is 6.67. The number of hydrogen-bond acceptors (Lipinski definition) is 1. The molecular formula is C8H14N2. The van der Waals surface area contributed by atoms with Crippen LogP contribution < -0.4 is 0 Å². The van der Waals surface area contributed by atoms with Crippen LogP contribution in [0.2, 0.25) is 0 Å². The largest absolute Gasteiger partial charge is 0.290 e. The van der Waals surface area contributed by atoms with E-state index >= 15 is 0 Å². The number of allylic oxidation sites excluding steroid dienone is 2. The van der Waals surface area contributed by atoms with Crippen molar-refractivity contribution in [3.63, 3.8) is 0 Å². The van der Waals surface area contributed by atoms with Gasteiger partial charge in [-0.3, -0.25) is 5.41 Å². The minimum atomic E-state index is 0.552.